The zero-order chi connectivity index (χ0) is 16.2. The van der Waals surface area contributed by atoms with Crippen molar-refractivity contribution in [2.45, 2.75) is 37.6 Å². The predicted molar refractivity (Wildman–Crippen MR) is 102 cm³/mol. The molecule has 0 saturated carbocycles. The average molecular weight is 334 g/mol. The van der Waals surface area contributed by atoms with E-state index in [4.69, 9.17) is 0 Å². The van der Waals surface area contributed by atoms with Gasteiger partial charge in [-0.25, -0.2) is 0 Å². The van der Waals surface area contributed by atoms with Gasteiger partial charge in [0.1, 0.15) is 0 Å². The van der Waals surface area contributed by atoms with Crippen molar-refractivity contribution in [3.8, 4) is 0 Å². The Labute approximate surface area is 147 Å². The van der Waals surface area contributed by atoms with Crippen molar-refractivity contribution in [1.29, 1.82) is 0 Å². The second-order valence-corrected chi connectivity index (χ2v) is 7.90. The molecule has 0 bridgehead atoms. The Morgan fingerprint density at radius 3 is 2.35 bits per heavy atom. The van der Waals surface area contributed by atoms with Crippen LogP contribution in [-0.4, -0.2) is 61.7 Å². The highest BCUT2D eigenvalue weighted by molar-refractivity contribution is 7.80. The van der Waals surface area contributed by atoms with Gasteiger partial charge in [-0.05, 0) is 63.9 Å². The van der Waals surface area contributed by atoms with Gasteiger partial charge in [-0.1, -0.05) is 6.07 Å². The van der Waals surface area contributed by atoms with Gasteiger partial charge in [0.2, 0.25) is 0 Å². The maximum absolute atomic E-state index is 4.46. The first-order chi connectivity index (χ1) is 11.1. The zero-order valence-corrected chi connectivity index (χ0v) is 15.5. The Morgan fingerprint density at radius 1 is 1.04 bits per heavy atom. The number of thiol groups is 1. The molecule has 2 fully saturated rings. The molecule has 0 radical (unpaired) electrons. The van der Waals surface area contributed by atoms with Crippen molar-refractivity contribution >= 4 is 18.3 Å². The Balaban J connectivity index is 1.43. The van der Waals surface area contributed by atoms with Crippen molar-refractivity contribution in [3.63, 3.8) is 0 Å². The lowest BCUT2D eigenvalue weighted by atomic mass is 9.95. The van der Waals surface area contributed by atoms with Crippen LogP contribution in [0.3, 0.4) is 0 Å². The second-order valence-electron chi connectivity index (χ2n) is 7.38. The summed E-state index contributed by atoms with van der Waals surface area (Å²) in [5, 5.41) is 0. The van der Waals surface area contributed by atoms with Crippen LogP contribution in [0.5, 0.6) is 0 Å². The molecule has 2 heterocycles. The number of piperidine rings is 1. The van der Waals surface area contributed by atoms with Crippen LogP contribution in [0.25, 0.3) is 0 Å². The maximum atomic E-state index is 4.46. The molecular formula is C19H31N3S. The molecule has 0 aliphatic carbocycles. The van der Waals surface area contributed by atoms with Gasteiger partial charge >= 0.3 is 0 Å². The first-order valence-corrected chi connectivity index (χ1v) is 9.57. The highest BCUT2D eigenvalue weighted by atomic mass is 32.1. The van der Waals surface area contributed by atoms with Crippen molar-refractivity contribution < 1.29 is 0 Å². The molecule has 4 heteroatoms. The van der Waals surface area contributed by atoms with E-state index in [1.807, 2.05) is 6.07 Å². The minimum Gasteiger partial charge on any atom is -0.369 e. The molecule has 3 nitrogen and oxygen atoms in total. The molecule has 0 aromatic heterocycles. The molecule has 0 spiro atoms. The standard InChI is InChI=1S/C19H31N3S/c1-16(2)21-8-6-17(7-9-21)15-20-10-12-22(13-11-20)18-4-3-5-19(23)14-18/h3-5,14,16-17,23H,6-13,15H2,1-2H3. The SMILES string of the molecule is CC(C)N1CCC(CN2CCN(c3cccc(S)c3)CC2)CC1. The molecule has 2 aliphatic rings. The number of benzene rings is 1. The molecule has 0 amide bonds. The highest BCUT2D eigenvalue weighted by Gasteiger charge is 2.24. The summed E-state index contributed by atoms with van der Waals surface area (Å²) in [4.78, 5) is 8.86. The molecule has 2 saturated heterocycles. The lowest BCUT2D eigenvalue weighted by Gasteiger charge is -2.40. The Kier molecular flexibility index (Phi) is 5.89. The van der Waals surface area contributed by atoms with Crippen LogP contribution >= 0.6 is 12.6 Å². The third-order valence-corrected chi connectivity index (χ3v) is 5.74. The van der Waals surface area contributed by atoms with E-state index in [2.05, 4.69) is 59.4 Å². The number of hydrogen-bond acceptors (Lipinski definition) is 4. The van der Waals surface area contributed by atoms with Crippen molar-refractivity contribution in [2.75, 3.05) is 50.7 Å². The van der Waals surface area contributed by atoms with E-state index in [1.54, 1.807) is 0 Å². The van der Waals surface area contributed by atoms with Crippen molar-refractivity contribution in [3.05, 3.63) is 24.3 Å². The minimum absolute atomic E-state index is 0.710. The number of nitrogens with zero attached hydrogens (tertiary/aromatic N) is 3. The van der Waals surface area contributed by atoms with Crippen LogP contribution in [0.4, 0.5) is 5.69 Å². The minimum atomic E-state index is 0.710. The summed E-state index contributed by atoms with van der Waals surface area (Å²) < 4.78 is 0. The molecular weight excluding hydrogens is 302 g/mol. The fourth-order valence-electron chi connectivity index (χ4n) is 3.90. The maximum Gasteiger partial charge on any atom is 0.0378 e. The van der Waals surface area contributed by atoms with Crippen LogP contribution in [0.15, 0.2) is 29.2 Å². The van der Waals surface area contributed by atoms with Crippen LogP contribution in [-0.2, 0) is 0 Å². The van der Waals surface area contributed by atoms with Crippen LogP contribution in [0, 0.1) is 5.92 Å². The third-order valence-electron chi connectivity index (χ3n) is 5.46. The van der Waals surface area contributed by atoms with Gasteiger partial charge in [0.15, 0.2) is 0 Å². The lowest BCUT2D eigenvalue weighted by molar-refractivity contribution is 0.119. The Hall–Kier alpha value is -0.710. The van der Waals surface area contributed by atoms with Crippen molar-refractivity contribution in [2.24, 2.45) is 5.92 Å². The quantitative estimate of drug-likeness (QED) is 0.848. The number of piperazine rings is 1. The first-order valence-electron chi connectivity index (χ1n) is 9.12. The molecule has 0 N–H and O–H groups in total. The molecule has 0 unspecified atom stereocenters. The summed E-state index contributed by atoms with van der Waals surface area (Å²) in [6.07, 6.45) is 2.75. The number of likely N-dealkylation sites (tertiary alicyclic amines) is 1. The van der Waals surface area contributed by atoms with Gasteiger partial charge in [0.25, 0.3) is 0 Å². The van der Waals surface area contributed by atoms with E-state index in [1.165, 1.54) is 51.3 Å². The zero-order valence-electron chi connectivity index (χ0n) is 14.6. The van der Waals surface area contributed by atoms with Gasteiger partial charge < -0.3 is 9.80 Å². The lowest BCUT2D eigenvalue weighted by Crippen LogP contribution is -2.49. The van der Waals surface area contributed by atoms with E-state index in [9.17, 15) is 0 Å². The van der Waals surface area contributed by atoms with E-state index in [0.29, 0.717) is 6.04 Å². The molecule has 128 valence electrons. The summed E-state index contributed by atoms with van der Waals surface area (Å²) in [5.74, 6) is 0.900. The summed E-state index contributed by atoms with van der Waals surface area (Å²) >= 11 is 4.46. The summed E-state index contributed by atoms with van der Waals surface area (Å²) in [6.45, 7) is 13.2. The molecule has 1 aromatic rings. The largest absolute Gasteiger partial charge is 0.369 e. The van der Waals surface area contributed by atoms with Crippen LogP contribution in [0.2, 0.25) is 0 Å². The summed E-state index contributed by atoms with van der Waals surface area (Å²) in [7, 11) is 0. The second kappa shape index (κ2) is 7.91. The third kappa shape index (κ3) is 4.65. The first kappa shape index (κ1) is 17.1. The molecule has 3 rings (SSSR count). The van der Waals surface area contributed by atoms with Gasteiger partial charge in [0, 0.05) is 49.3 Å². The van der Waals surface area contributed by atoms with Crippen LogP contribution < -0.4 is 4.90 Å². The fourth-order valence-corrected chi connectivity index (χ4v) is 4.11. The average Bonchev–Trinajstić information content (AvgIpc) is 2.56. The normalized spacial score (nSPS) is 22.0. The molecule has 0 atom stereocenters. The topological polar surface area (TPSA) is 9.72 Å². The summed E-state index contributed by atoms with van der Waals surface area (Å²) in [6, 6.07) is 9.25. The Bertz CT molecular complexity index is 489. The smallest absolute Gasteiger partial charge is 0.0378 e. The monoisotopic (exact) mass is 333 g/mol. The van der Waals surface area contributed by atoms with Gasteiger partial charge in [-0.2, -0.15) is 0 Å². The molecule has 1 aromatic carbocycles. The fraction of sp³-hybridized carbons (Fsp3) is 0.684. The van der Waals surface area contributed by atoms with E-state index in [-0.39, 0.29) is 0 Å². The van der Waals surface area contributed by atoms with Crippen molar-refractivity contribution in [1.82, 2.24) is 9.80 Å². The highest BCUT2D eigenvalue weighted by Crippen LogP contribution is 2.23. The van der Waals surface area contributed by atoms with E-state index >= 15 is 0 Å². The predicted octanol–water partition coefficient (Wildman–Crippen LogP) is 3.22. The van der Waals surface area contributed by atoms with Gasteiger partial charge in [-0.3, -0.25) is 4.90 Å². The summed E-state index contributed by atoms with van der Waals surface area (Å²) in [5.41, 5.74) is 1.32. The number of hydrogen-bond donors (Lipinski definition) is 1. The Morgan fingerprint density at radius 2 is 1.74 bits per heavy atom. The molecule has 23 heavy (non-hydrogen) atoms. The van der Waals surface area contributed by atoms with E-state index in [0.717, 1.165) is 23.9 Å². The number of rotatable bonds is 4. The van der Waals surface area contributed by atoms with Crippen LogP contribution in [0.1, 0.15) is 26.7 Å². The van der Waals surface area contributed by atoms with Gasteiger partial charge in [0.05, 0.1) is 0 Å². The number of anilines is 1. The molecule has 2 aliphatic heterocycles. The van der Waals surface area contributed by atoms with E-state index < -0.39 is 0 Å². The van der Waals surface area contributed by atoms with Gasteiger partial charge in [-0.15, -0.1) is 12.6 Å².